The zero-order chi connectivity index (χ0) is 12.1. The van der Waals surface area contributed by atoms with Gasteiger partial charge in [-0.3, -0.25) is 0 Å². The van der Waals surface area contributed by atoms with E-state index < -0.39 is 17.9 Å². The molecule has 0 saturated carbocycles. The van der Waals surface area contributed by atoms with E-state index in [1.54, 1.807) is 0 Å². The van der Waals surface area contributed by atoms with Crippen molar-refractivity contribution in [2.24, 2.45) is 0 Å². The first-order valence-electron chi connectivity index (χ1n) is 4.38. The van der Waals surface area contributed by atoms with E-state index in [1.807, 2.05) is 0 Å². The van der Waals surface area contributed by atoms with E-state index >= 15 is 0 Å². The first-order chi connectivity index (χ1) is 7.54. The molecule has 6 heteroatoms. The second kappa shape index (κ2) is 5.81. The molecule has 1 atom stereocenters. The highest BCUT2D eigenvalue weighted by Crippen LogP contribution is 2.22. The van der Waals surface area contributed by atoms with Crippen LogP contribution in [0.5, 0.6) is 5.75 Å². The molecule has 0 aliphatic heterocycles. The molecule has 0 amide bonds. The number of rotatable bonds is 5. The zero-order valence-electron chi connectivity index (χ0n) is 8.44. The van der Waals surface area contributed by atoms with Crippen LogP contribution in [0.15, 0.2) is 22.7 Å². The van der Waals surface area contributed by atoms with Gasteiger partial charge < -0.3 is 14.6 Å². The van der Waals surface area contributed by atoms with Crippen LogP contribution in [0.25, 0.3) is 0 Å². The third-order valence-electron chi connectivity index (χ3n) is 1.76. The molecule has 1 N–H and O–H groups in total. The largest absolute Gasteiger partial charge is 0.478 e. The van der Waals surface area contributed by atoms with Gasteiger partial charge >= 0.3 is 5.97 Å². The maximum atomic E-state index is 12.9. The second-order valence-electron chi connectivity index (χ2n) is 2.98. The summed E-state index contributed by atoms with van der Waals surface area (Å²) in [6.07, 6.45) is -1.11. The van der Waals surface area contributed by atoms with E-state index in [0.717, 1.165) is 0 Å². The molecule has 0 aliphatic rings. The van der Waals surface area contributed by atoms with E-state index in [4.69, 9.17) is 14.6 Å². The molecule has 0 aliphatic carbocycles. The second-order valence-corrected chi connectivity index (χ2v) is 3.83. The summed E-state index contributed by atoms with van der Waals surface area (Å²) < 4.78 is 22.9. The fourth-order valence-corrected chi connectivity index (χ4v) is 1.38. The number of carboxylic acids is 1. The van der Waals surface area contributed by atoms with Crippen molar-refractivity contribution in [3.63, 3.8) is 0 Å². The van der Waals surface area contributed by atoms with E-state index in [1.165, 1.54) is 25.3 Å². The fourth-order valence-electron chi connectivity index (χ4n) is 1.02. The van der Waals surface area contributed by atoms with Crippen LogP contribution in [0.1, 0.15) is 0 Å². The summed E-state index contributed by atoms with van der Waals surface area (Å²) in [5.74, 6) is -1.31. The Balaban J connectivity index is 2.77. The highest BCUT2D eigenvalue weighted by molar-refractivity contribution is 9.10. The minimum atomic E-state index is -1.14. The van der Waals surface area contributed by atoms with E-state index in [2.05, 4.69) is 15.9 Å². The van der Waals surface area contributed by atoms with Crippen molar-refractivity contribution in [3.05, 3.63) is 28.5 Å². The predicted molar refractivity (Wildman–Crippen MR) is 58.0 cm³/mol. The SMILES string of the molecule is COCC(Oc1ccc(F)c(Br)c1)C(=O)O. The summed E-state index contributed by atoms with van der Waals surface area (Å²) in [6.45, 7) is -0.0790. The van der Waals surface area contributed by atoms with Gasteiger partial charge in [0.05, 0.1) is 11.1 Å². The molecule has 0 heterocycles. The molecule has 0 saturated heterocycles. The maximum absolute atomic E-state index is 12.9. The van der Waals surface area contributed by atoms with Gasteiger partial charge in [-0.05, 0) is 34.1 Å². The molecule has 0 radical (unpaired) electrons. The smallest absolute Gasteiger partial charge is 0.347 e. The average Bonchev–Trinajstić information content (AvgIpc) is 2.22. The third kappa shape index (κ3) is 3.46. The van der Waals surface area contributed by atoms with Gasteiger partial charge in [0.25, 0.3) is 0 Å². The molecular formula is C10H10BrFO4. The number of benzene rings is 1. The van der Waals surface area contributed by atoms with Gasteiger partial charge in [0.15, 0.2) is 0 Å². The monoisotopic (exact) mass is 292 g/mol. The highest BCUT2D eigenvalue weighted by atomic mass is 79.9. The number of ether oxygens (including phenoxy) is 2. The normalized spacial score (nSPS) is 12.2. The van der Waals surface area contributed by atoms with E-state index in [0.29, 0.717) is 0 Å². The van der Waals surface area contributed by atoms with Crippen LogP contribution < -0.4 is 4.74 Å². The van der Waals surface area contributed by atoms with Gasteiger partial charge in [-0.15, -0.1) is 0 Å². The molecule has 88 valence electrons. The van der Waals surface area contributed by atoms with Crippen molar-refractivity contribution in [3.8, 4) is 5.75 Å². The van der Waals surface area contributed by atoms with Crippen LogP contribution in [-0.2, 0) is 9.53 Å². The number of carboxylic acid groups (broad SMARTS) is 1. The van der Waals surface area contributed by atoms with Gasteiger partial charge in [0.2, 0.25) is 6.10 Å². The van der Waals surface area contributed by atoms with Gasteiger partial charge in [-0.2, -0.15) is 0 Å². The topological polar surface area (TPSA) is 55.8 Å². The number of aliphatic carboxylic acids is 1. The summed E-state index contributed by atoms with van der Waals surface area (Å²) >= 11 is 2.98. The molecule has 0 spiro atoms. The average molecular weight is 293 g/mol. The number of carbonyl (C=O) groups is 1. The fraction of sp³-hybridized carbons (Fsp3) is 0.300. The first-order valence-corrected chi connectivity index (χ1v) is 5.17. The molecule has 1 aromatic rings. The Labute approximate surface area is 100 Å². The van der Waals surface area contributed by atoms with Crippen LogP contribution in [0.4, 0.5) is 4.39 Å². The molecule has 4 nitrogen and oxygen atoms in total. The van der Waals surface area contributed by atoms with Crippen LogP contribution in [0.3, 0.4) is 0 Å². The Morgan fingerprint density at radius 1 is 1.62 bits per heavy atom. The van der Waals surface area contributed by atoms with Crippen LogP contribution in [-0.4, -0.2) is 30.9 Å². The molecule has 0 aromatic heterocycles. The molecule has 1 rings (SSSR count). The summed E-state index contributed by atoms with van der Waals surface area (Å²) in [5.41, 5.74) is 0. The molecule has 16 heavy (non-hydrogen) atoms. The standard InChI is InChI=1S/C10H10BrFO4/c1-15-5-9(10(13)14)16-6-2-3-8(12)7(11)4-6/h2-4,9H,5H2,1H3,(H,13,14). The molecule has 1 unspecified atom stereocenters. The summed E-state index contributed by atoms with van der Waals surface area (Å²) in [7, 11) is 1.37. The molecular weight excluding hydrogens is 283 g/mol. The van der Waals surface area contributed by atoms with Crippen molar-refractivity contribution in [2.45, 2.75) is 6.10 Å². The van der Waals surface area contributed by atoms with Crippen LogP contribution in [0.2, 0.25) is 0 Å². The molecule has 1 aromatic carbocycles. The van der Waals surface area contributed by atoms with Crippen LogP contribution >= 0.6 is 15.9 Å². The lowest BCUT2D eigenvalue weighted by molar-refractivity contribution is -0.147. The lowest BCUT2D eigenvalue weighted by Crippen LogP contribution is -2.31. The minimum absolute atomic E-state index is 0.0790. The lowest BCUT2D eigenvalue weighted by atomic mass is 10.3. The van der Waals surface area contributed by atoms with E-state index in [9.17, 15) is 9.18 Å². The number of hydrogen-bond donors (Lipinski definition) is 1. The Bertz CT molecular complexity index is 383. The first kappa shape index (κ1) is 12.9. The number of hydrogen-bond acceptors (Lipinski definition) is 3. The van der Waals surface area contributed by atoms with Gasteiger partial charge in [-0.25, -0.2) is 9.18 Å². The zero-order valence-corrected chi connectivity index (χ0v) is 10.0. The lowest BCUT2D eigenvalue weighted by Gasteiger charge is -2.14. The Morgan fingerprint density at radius 2 is 2.31 bits per heavy atom. The molecule has 0 fully saturated rings. The predicted octanol–water partition coefficient (Wildman–Crippen LogP) is 2.07. The van der Waals surface area contributed by atoms with Crippen molar-refractivity contribution in [1.29, 1.82) is 0 Å². The van der Waals surface area contributed by atoms with Gasteiger partial charge in [0, 0.05) is 7.11 Å². The Hall–Kier alpha value is -1.14. The van der Waals surface area contributed by atoms with Crippen LogP contribution in [0, 0.1) is 5.82 Å². The van der Waals surface area contributed by atoms with Crippen molar-refractivity contribution < 1.29 is 23.8 Å². The highest BCUT2D eigenvalue weighted by Gasteiger charge is 2.19. The summed E-state index contributed by atoms with van der Waals surface area (Å²) in [6, 6.07) is 3.90. The van der Waals surface area contributed by atoms with Gasteiger partial charge in [-0.1, -0.05) is 0 Å². The molecule has 0 bridgehead atoms. The quantitative estimate of drug-likeness (QED) is 0.903. The Kier molecular flexibility index (Phi) is 4.70. The number of halogens is 2. The van der Waals surface area contributed by atoms with Crippen molar-refractivity contribution in [1.82, 2.24) is 0 Å². The third-order valence-corrected chi connectivity index (χ3v) is 2.37. The van der Waals surface area contributed by atoms with Gasteiger partial charge in [0.1, 0.15) is 11.6 Å². The van der Waals surface area contributed by atoms with Crippen molar-refractivity contribution in [2.75, 3.05) is 13.7 Å². The minimum Gasteiger partial charge on any atom is -0.478 e. The summed E-state index contributed by atoms with van der Waals surface area (Å²) in [5, 5.41) is 8.80. The van der Waals surface area contributed by atoms with E-state index in [-0.39, 0.29) is 16.8 Å². The Morgan fingerprint density at radius 3 is 2.81 bits per heavy atom. The maximum Gasteiger partial charge on any atom is 0.347 e. The number of methoxy groups -OCH3 is 1. The van der Waals surface area contributed by atoms with Crippen molar-refractivity contribution >= 4 is 21.9 Å². The summed E-state index contributed by atoms with van der Waals surface area (Å²) in [4.78, 5) is 10.8.